The zero-order valence-corrected chi connectivity index (χ0v) is 25.6. The first-order chi connectivity index (χ1) is 20.9. The highest BCUT2D eigenvalue weighted by molar-refractivity contribution is 8.44. The number of nitrogens with two attached hydrogens (primary N) is 1. The summed E-state index contributed by atoms with van der Waals surface area (Å²) in [6.07, 6.45) is -8.12. The summed E-state index contributed by atoms with van der Waals surface area (Å²) in [6, 6.07) is 0. The van der Waals surface area contributed by atoms with Gasteiger partial charge in [0.15, 0.2) is 53.6 Å². The number of imidazole rings is 2. The minimum Gasteiger partial charge on any atom is -0.382 e. The lowest BCUT2D eigenvalue weighted by Crippen LogP contribution is -2.36. The standard InChI is InChI=1S/C21H22F2N8O9P2S2/c22-11-15-9(37-20(11)30-6-28-13-8(32)1-2-25-18(13)30)3-35-42(34,44)40-16-10(4-36-41(33,43)39-15)38-21(12(16)23)31-7-29-14-17(24)26-5-27-19(14)31/h2,5-7,9-12,15-16,20-21H,1,3-4H2,(H,33,43)(H,34,44)(H2,24,26,27)/t9-,10-,11-,12-,15-,16-,20-,21-,41?,42?/m1/s1. The van der Waals surface area contributed by atoms with Gasteiger partial charge in [0.1, 0.15) is 36.3 Å². The number of ketones is 1. The molecule has 0 amide bonds. The average molecular weight is 695 g/mol. The van der Waals surface area contributed by atoms with Crippen molar-refractivity contribution < 1.29 is 50.3 Å². The third-order valence-electron chi connectivity index (χ3n) is 7.30. The number of thiol groups is 2. The molecular weight excluding hydrogens is 672 g/mol. The molecule has 0 bridgehead atoms. The van der Waals surface area contributed by atoms with E-state index in [0.29, 0.717) is 0 Å². The average Bonchev–Trinajstić information content (AvgIpc) is 3.73. The molecule has 2 N–H and O–H groups in total. The molecule has 0 saturated carbocycles. The second-order valence-corrected chi connectivity index (χ2v) is 15.8. The highest BCUT2D eigenvalue weighted by Crippen LogP contribution is 2.60. The van der Waals surface area contributed by atoms with Gasteiger partial charge in [0, 0.05) is 12.6 Å². The Balaban J connectivity index is 1.16. The van der Waals surface area contributed by atoms with Crippen LogP contribution in [-0.4, -0.2) is 91.0 Å². The molecule has 17 nitrogen and oxygen atoms in total. The van der Waals surface area contributed by atoms with E-state index >= 15 is 8.78 Å². The van der Waals surface area contributed by atoms with Crippen molar-refractivity contribution in [2.45, 2.75) is 55.6 Å². The van der Waals surface area contributed by atoms with Gasteiger partial charge in [0.05, 0.1) is 25.9 Å². The number of halogens is 2. The second kappa shape index (κ2) is 11.2. The maximum absolute atomic E-state index is 15.9. The zero-order valence-electron chi connectivity index (χ0n) is 22.0. The van der Waals surface area contributed by atoms with E-state index in [2.05, 4.69) is 49.4 Å². The summed E-state index contributed by atoms with van der Waals surface area (Å²) >= 11 is 7.96. The Labute approximate surface area is 256 Å². The number of fused-ring (bicyclic) bond motifs is 4. The number of hydrogen-bond acceptors (Lipinski definition) is 15. The normalized spacial score (nSPS) is 39.4. The highest BCUT2D eigenvalue weighted by atomic mass is 32.7. The van der Waals surface area contributed by atoms with Gasteiger partial charge in [-0.3, -0.25) is 32.0 Å². The van der Waals surface area contributed by atoms with E-state index < -0.39 is 76.0 Å². The van der Waals surface area contributed by atoms with Crippen LogP contribution in [0.3, 0.4) is 0 Å². The predicted molar refractivity (Wildman–Crippen MR) is 152 cm³/mol. The summed E-state index contributed by atoms with van der Waals surface area (Å²) in [4.78, 5) is 32.3. The molecule has 0 spiro atoms. The van der Waals surface area contributed by atoms with Crippen molar-refractivity contribution in [1.29, 1.82) is 0 Å². The number of aromatic nitrogens is 6. The van der Waals surface area contributed by atoms with Crippen molar-refractivity contribution in [1.82, 2.24) is 29.1 Å². The third-order valence-corrected chi connectivity index (χ3v) is 10.5. The first-order valence-corrected chi connectivity index (χ1v) is 18.3. The third kappa shape index (κ3) is 5.32. The fourth-order valence-corrected chi connectivity index (χ4v) is 8.26. The highest BCUT2D eigenvalue weighted by Gasteiger charge is 2.54. The van der Waals surface area contributed by atoms with Crippen LogP contribution < -0.4 is 5.73 Å². The zero-order chi connectivity index (χ0) is 31.0. The molecule has 0 aromatic carbocycles. The van der Waals surface area contributed by atoms with Gasteiger partial charge in [-0.25, -0.2) is 42.8 Å². The quantitative estimate of drug-likeness (QED) is 0.261. The number of alkyl halides is 2. The van der Waals surface area contributed by atoms with E-state index in [-0.39, 0.29) is 40.7 Å². The summed E-state index contributed by atoms with van der Waals surface area (Å²) in [5.74, 6) is -0.228. The minimum atomic E-state index is -4.40. The molecule has 44 heavy (non-hydrogen) atoms. The second-order valence-electron chi connectivity index (χ2n) is 10.0. The van der Waals surface area contributed by atoms with Crippen molar-refractivity contribution >= 4 is 72.9 Å². The molecule has 3 aromatic rings. The number of hydrogen-bond donors (Lipinski definition) is 3. The van der Waals surface area contributed by atoms with Gasteiger partial charge in [0.25, 0.3) is 0 Å². The van der Waals surface area contributed by atoms with E-state index in [1.807, 2.05) is 0 Å². The summed E-state index contributed by atoms with van der Waals surface area (Å²) < 4.78 is 94.2. The molecule has 4 aliphatic rings. The van der Waals surface area contributed by atoms with E-state index in [4.69, 9.17) is 33.3 Å². The van der Waals surface area contributed by atoms with E-state index in [1.165, 1.54) is 28.0 Å². The molecule has 236 valence electrons. The topological polar surface area (TPSA) is 206 Å². The first-order valence-electron chi connectivity index (χ1n) is 12.9. The summed E-state index contributed by atoms with van der Waals surface area (Å²) in [7, 11) is 0. The molecule has 3 saturated heterocycles. The fraction of sp³-hybridized carbons (Fsp3) is 0.524. The lowest BCUT2D eigenvalue weighted by molar-refractivity contribution is -0.0547. The van der Waals surface area contributed by atoms with Gasteiger partial charge in [0.2, 0.25) is 0 Å². The predicted octanol–water partition coefficient (Wildman–Crippen LogP) is 2.96. The maximum atomic E-state index is 15.9. The van der Waals surface area contributed by atoms with Crippen LogP contribution in [0.5, 0.6) is 0 Å². The number of aliphatic imine (C=N–C) groups is 1. The molecule has 7 rings (SSSR count). The monoisotopic (exact) mass is 694 g/mol. The van der Waals surface area contributed by atoms with Gasteiger partial charge in [-0.05, 0) is 0 Å². The number of Topliss-reactive ketones (excluding diaryl/α,β-unsaturated/α-hetero) is 1. The van der Waals surface area contributed by atoms with Crippen LogP contribution in [0, 0.1) is 0 Å². The Morgan fingerprint density at radius 1 is 0.886 bits per heavy atom. The van der Waals surface area contributed by atoms with Crippen LogP contribution >= 0.6 is 38.1 Å². The molecular formula is C21H22F2N8O9P2S2. The van der Waals surface area contributed by atoms with Gasteiger partial charge in [-0.1, -0.05) is 24.5 Å². The van der Waals surface area contributed by atoms with Gasteiger partial charge < -0.3 is 15.2 Å². The van der Waals surface area contributed by atoms with Crippen molar-refractivity contribution in [2.24, 2.45) is 4.99 Å². The largest absolute Gasteiger partial charge is 0.386 e. The molecule has 2 unspecified atom stereocenters. The number of rotatable bonds is 2. The van der Waals surface area contributed by atoms with Crippen LogP contribution in [0.1, 0.15) is 29.4 Å². The van der Waals surface area contributed by atoms with Gasteiger partial charge in [-0.15, -0.1) is 0 Å². The molecule has 3 aromatic heterocycles. The Hall–Kier alpha value is -2.32. The molecule has 0 radical (unpaired) electrons. The number of anilines is 1. The Morgan fingerprint density at radius 2 is 1.48 bits per heavy atom. The van der Waals surface area contributed by atoms with Crippen molar-refractivity contribution in [3.63, 3.8) is 0 Å². The SMILES string of the molecule is Nc1ncnc2c1ncn2[C@@H]1O[C@@H]2COP(=O)(S)O[C@H]3[C@@H](F)[C@H](n4cnc5c4N=CCC5=O)O[C@@H]3COP(=O)(S)O[C@H]2[C@H]1F. The first kappa shape index (κ1) is 30.3. The number of carbonyl (C=O) groups is 1. The molecule has 7 heterocycles. The lowest BCUT2D eigenvalue weighted by Gasteiger charge is -2.28. The Bertz CT molecular complexity index is 1760. The van der Waals surface area contributed by atoms with Crippen molar-refractivity contribution in [3.05, 3.63) is 24.7 Å². The van der Waals surface area contributed by atoms with Crippen molar-refractivity contribution in [3.8, 4) is 0 Å². The number of ether oxygens (including phenoxy) is 2. The molecule has 0 aliphatic carbocycles. The molecule has 10 atom stereocenters. The smallest absolute Gasteiger partial charge is 0.382 e. The molecule has 23 heteroatoms. The molecule has 4 aliphatic heterocycles. The number of nitrogen functional groups attached to an aromatic ring is 1. The van der Waals surface area contributed by atoms with Gasteiger partial charge >= 0.3 is 13.6 Å². The number of nitrogens with zero attached hydrogens (tertiary/aromatic N) is 7. The summed E-state index contributed by atoms with van der Waals surface area (Å²) in [5.41, 5.74) is 6.17. The van der Waals surface area contributed by atoms with E-state index in [1.54, 1.807) is 0 Å². The van der Waals surface area contributed by atoms with Crippen LogP contribution in [0.2, 0.25) is 0 Å². The number of carbonyl (C=O) groups excluding carboxylic acids is 1. The van der Waals surface area contributed by atoms with Crippen LogP contribution in [-0.2, 0) is 36.7 Å². The maximum Gasteiger partial charge on any atom is 0.386 e. The van der Waals surface area contributed by atoms with Crippen LogP contribution in [0.15, 0.2) is 24.0 Å². The Kier molecular flexibility index (Phi) is 7.71. The van der Waals surface area contributed by atoms with Crippen LogP contribution in [0.25, 0.3) is 11.2 Å². The van der Waals surface area contributed by atoms with Gasteiger partial charge in [-0.2, -0.15) is 0 Å². The van der Waals surface area contributed by atoms with E-state index in [0.717, 1.165) is 6.33 Å². The minimum absolute atomic E-state index is 0.0213. The Morgan fingerprint density at radius 3 is 2.11 bits per heavy atom. The fourth-order valence-electron chi connectivity index (χ4n) is 5.29. The molecule has 3 fully saturated rings. The van der Waals surface area contributed by atoms with Crippen LogP contribution in [0.4, 0.5) is 20.4 Å². The van der Waals surface area contributed by atoms with E-state index in [9.17, 15) is 13.9 Å². The summed E-state index contributed by atoms with van der Waals surface area (Å²) in [5, 5.41) is 0. The van der Waals surface area contributed by atoms with Crippen molar-refractivity contribution in [2.75, 3.05) is 18.9 Å². The lowest BCUT2D eigenvalue weighted by atomic mass is 10.1. The summed E-state index contributed by atoms with van der Waals surface area (Å²) in [6.45, 7) is -10.1.